The van der Waals surface area contributed by atoms with E-state index in [1.54, 1.807) is 13.2 Å². The first-order chi connectivity index (χ1) is 9.22. The molecule has 0 amide bonds. The Morgan fingerprint density at radius 2 is 2.32 bits per heavy atom. The topological polar surface area (TPSA) is 65.3 Å². The molecule has 0 aromatic heterocycles. The highest BCUT2D eigenvalue weighted by molar-refractivity contribution is 5.45. The molecule has 1 fully saturated rings. The van der Waals surface area contributed by atoms with E-state index in [4.69, 9.17) is 10.00 Å². The second kappa shape index (κ2) is 6.55. The summed E-state index contributed by atoms with van der Waals surface area (Å²) in [7, 11) is 1.58. The van der Waals surface area contributed by atoms with Crippen LogP contribution >= 0.6 is 0 Å². The largest absolute Gasteiger partial charge is 0.495 e. The van der Waals surface area contributed by atoms with Gasteiger partial charge in [0.1, 0.15) is 11.8 Å². The fourth-order valence-electron chi connectivity index (χ4n) is 2.59. The highest BCUT2D eigenvalue weighted by atomic mass is 16.5. The average Bonchev–Trinajstić information content (AvgIpc) is 2.84. The van der Waals surface area contributed by atoms with Crippen molar-refractivity contribution >= 4 is 0 Å². The maximum absolute atomic E-state index is 9.47. The summed E-state index contributed by atoms with van der Waals surface area (Å²) in [5.41, 5.74) is 1.67. The Labute approximate surface area is 114 Å². The summed E-state index contributed by atoms with van der Waals surface area (Å²) in [5, 5.41) is 21.8. The normalized spacial score (nSPS) is 22.2. The molecule has 0 aliphatic heterocycles. The van der Waals surface area contributed by atoms with Crippen LogP contribution in [0.5, 0.6) is 5.75 Å². The summed E-state index contributed by atoms with van der Waals surface area (Å²) in [6, 6.07) is 7.73. The van der Waals surface area contributed by atoms with Crippen molar-refractivity contribution in [3.05, 3.63) is 29.3 Å². The maximum atomic E-state index is 9.47. The van der Waals surface area contributed by atoms with Crippen molar-refractivity contribution < 1.29 is 9.84 Å². The van der Waals surface area contributed by atoms with Gasteiger partial charge >= 0.3 is 0 Å². The number of nitrogens with one attached hydrogen (secondary N) is 1. The van der Waals surface area contributed by atoms with Gasteiger partial charge in [0.15, 0.2) is 0 Å². The summed E-state index contributed by atoms with van der Waals surface area (Å²) in [5.74, 6) is 1.20. The molecule has 1 aliphatic rings. The number of aliphatic hydroxyl groups is 1. The lowest BCUT2D eigenvalue weighted by Crippen LogP contribution is -2.21. The Bertz CT molecular complexity index is 468. The molecule has 19 heavy (non-hydrogen) atoms. The van der Waals surface area contributed by atoms with Gasteiger partial charge < -0.3 is 15.2 Å². The van der Waals surface area contributed by atoms with Crippen LogP contribution in [0, 0.1) is 17.2 Å². The van der Waals surface area contributed by atoms with Crippen LogP contribution < -0.4 is 10.1 Å². The van der Waals surface area contributed by atoms with Gasteiger partial charge in [-0.05, 0) is 49.4 Å². The minimum absolute atomic E-state index is 0.109. The highest BCUT2D eigenvalue weighted by Gasteiger charge is 2.21. The minimum atomic E-state index is -0.109. The molecule has 0 saturated heterocycles. The van der Waals surface area contributed by atoms with E-state index in [1.807, 2.05) is 12.1 Å². The molecule has 1 saturated carbocycles. The van der Waals surface area contributed by atoms with E-state index in [-0.39, 0.29) is 6.10 Å². The number of nitrogens with zero attached hydrogens (tertiary/aromatic N) is 1. The maximum Gasteiger partial charge on any atom is 0.136 e. The molecule has 102 valence electrons. The molecule has 4 heteroatoms. The van der Waals surface area contributed by atoms with Crippen LogP contribution in [0.1, 0.15) is 30.4 Å². The average molecular weight is 260 g/mol. The van der Waals surface area contributed by atoms with Gasteiger partial charge in [-0.1, -0.05) is 6.07 Å². The second-order valence-electron chi connectivity index (χ2n) is 5.11. The number of hydrogen-bond acceptors (Lipinski definition) is 4. The first-order valence-electron chi connectivity index (χ1n) is 6.68. The van der Waals surface area contributed by atoms with E-state index >= 15 is 0 Å². The number of aliphatic hydroxyl groups excluding tert-OH is 1. The lowest BCUT2D eigenvalue weighted by molar-refractivity contribution is 0.177. The third-order valence-electron chi connectivity index (χ3n) is 3.66. The summed E-state index contributed by atoms with van der Waals surface area (Å²) in [6.07, 6.45) is 2.83. The molecule has 2 unspecified atom stereocenters. The van der Waals surface area contributed by atoms with Crippen molar-refractivity contribution in [2.45, 2.75) is 31.9 Å². The lowest BCUT2D eigenvalue weighted by atomic mass is 10.1. The number of rotatable bonds is 5. The van der Waals surface area contributed by atoms with Crippen LogP contribution in [0.3, 0.4) is 0 Å². The minimum Gasteiger partial charge on any atom is -0.495 e. The Morgan fingerprint density at radius 1 is 1.47 bits per heavy atom. The molecular formula is C15H20N2O2. The molecule has 2 N–H and O–H groups in total. The molecule has 0 heterocycles. The monoisotopic (exact) mass is 260 g/mol. The Kier molecular flexibility index (Phi) is 4.78. The third-order valence-corrected chi connectivity index (χ3v) is 3.66. The van der Waals surface area contributed by atoms with Gasteiger partial charge in [-0.25, -0.2) is 0 Å². The van der Waals surface area contributed by atoms with E-state index in [0.29, 0.717) is 17.2 Å². The highest BCUT2D eigenvalue weighted by Crippen LogP contribution is 2.24. The zero-order chi connectivity index (χ0) is 13.7. The number of benzene rings is 1. The van der Waals surface area contributed by atoms with Gasteiger partial charge in [0.2, 0.25) is 0 Å². The summed E-state index contributed by atoms with van der Waals surface area (Å²) in [6.45, 7) is 1.69. The number of nitriles is 1. The van der Waals surface area contributed by atoms with Crippen molar-refractivity contribution in [2.75, 3.05) is 13.7 Å². The van der Waals surface area contributed by atoms with Crippen LogP contribution in [0.15, 0.2) is 18.2 Å². The van der Waals surface area contributed by atoms with Crippen LogP contribution in [-0.4, -0.2) is 24.9 Å². The number of methoxy groups -OCH3 is 1. The molecule has 1 aliphatic carbocycles. The van der Waals surface area contributed by atoms with Gasteiger partial charge in [-0.3, -0.25) is 0 Å². The Hall–Kier alpha value is -1.57. The molecular weight excluding hydrogens is 240 g/mol. The van der Waals surface area contributed by atoms with E-state index in [2.05, 4.69) is 11.4 Å². The van der Waals surface area contributed by atoms with Crippen molar-refractivity contribution in [2.24, 2.45) is 5.92 Å². The standard InChI is InChI=1S/C15H20N2O2/c1-19-15-7-12(2-4-13(15)8-16)10-17-9-11-3-5-14(18)6-11/h2,4,7,11,14,17-18H,3,5-6,9-10H2,1H3. The van der Waals surface area contributed by atoms with Crippen molar-refractivity contribution in [3.63, 3.8) is 0 Å². The van der Waals surface area contributed by atoms with Crippen LogP contribution in [0.2, 0.25) is 0 Å². The van der Waals surface area contributed by atoms with Gasteiger partial charge in [0.05, 0.1) is 18.8 Å². The molecule has 1 aromatic rings. The Morgan fingerprint density at radius 3 is 2.95 bits per heavy atom. The first-order valence-corrected chi connectivity index (χ1v) is 6.68. The molecule has 2 rings (SSSR count). The summed E-state index contributed by atoms with van der Waals surface area (Å²) >= 11 is 0. The zero-order valence-corrected chi connectivity index (χ0v) is 11.2. The van der Waals surface area contributed by atoms with Crippen LogP contribution in [0.25, 0.3) is 0 Å². The van der Waals surface area contributed by atoms with Gasteiger partial charge in [-0.15, -0.1) is 0 Å². The molecule has 2 atom stereocenters. The second-order valence-corrected chi connectivity index (χ2v) is 5.11. The van der Waals surface area contributed by atoms with Gasteiger partial charge in [0, 0.05) is 6.54 Å². The quantitative estimate of drug-likeness (QED) is 0.847. The fraction of sp³-hybridized carbons (Fsp3) is 0.533. The predicted octanol–water partition coefficient (Wildman–Crippen LogP) is 1.82. The fourth-order valence-corrected chi connectivity index (χ4v) is 2.59. The number of ether oxygens (including phenoxy) is 1. The first kappa shape index (κ1) is 13.9. The predicted molar refractivity (Wildman–Crippen MR) is 72.8 cm³/mol. The smallest absolute Gasteiger partial charge is 0.136 e. The molecule has 1 aromatic carbocycles. The molecule has 4 nitrogen and oxygen atoms in total. The van der Waals surface area contributed by atoms with E-state index in [9.17, 15) is 5.11 Å². The van der Waals surface area contributed by atoms with Gasteiger partial charge in [-0.2, -0.15) is 5.26 Å². The van der Waals surface area contributed by atoms with Crippen molar-refractivity contribution in [1.82, 2.24) is 5.32 Å². The molecule has 0 bridgehead atoms. The summed E-state index contributed by atoms with van der Waals surface area (Å²) < 4.78 is 5.19. The molecule has 0 radical (unpaired) electrons. The SMILES string of the molecule is COc1cc(CNCC2CCC(O)C2)ccc1C#N. The van der Waals surface area contributed by atoms with Crippen molar-refractivity contribution in [1.29, 1.82) is 5.26 Å². The lowest BCUT2D eigenvalue weighted by Gasteiger charge is -2.11. The van der Waals surface area contributed by atoms with Crippen LogP contribution in [-0.2, 0) is 6.54 Å². The van der Waals surface area contributed by atoms with Gasteiger partial charge in [0.25, 0.3) is 0 Å². The van der Waals surface area contributed by atoms with E-state index < -0.39 is 0 Å². The summed E-state index contributed by atoms with van der Waals surface area (Å²) in [4.78, 5) is 0. The van der Waals surface area contributed by atoms with E-state index in [0.717, 1.165) is 37.9 Å². The zero-order valence-electron chi connectivity index (χ0n) is 11.2. The third kappa shape index (κ3) is 3.69. The molecule has 0 spiro atoms. The Balaban J connectivity index is 1.84. The van der Waals surface area contributed by atoms with Crippen molar-refractivity contribution in [3.8, 4) is 11.8 Å². The van der Waals surface area contributed by atoms with Crippen LogP contribution in [0.4, 0.5) is 0 Å². The number of hydrogen-bond donors (Lipinski definition) is 2. The van der Waals surface area contributed by atoms with E-state index in [1.165, 1.54) is 0 Å².